The average molecular weight is 115 g/mol. The topological polar surface area (TPSA) is 32.3 Å². The van der Waals surface area contributed by atoms with Gasteiger partial charge < -0.3 is 10.4 Å². The molecule has 2 nitrogen and oxygen atoms in total. The van der Waals surface area contributed by atoms with Crippen LogP contribution in [0.5, 0.6) is 0 Å². The van der Waals surface area contributed by atoms with Crippen molar-refractivity contribution < 1.29 is 5.11 Å². The highest BCUT2D eigenvalue weighted by molar-refractivity contribution is 4.81. The van der Waals surface area contributed by atoms with Crippen molar-refractivity contribution in [3.63, 3.8) is 0 Å². The van der Waals surface area contributed by atoms with Crippen molar-refractivity contribution >= 4 is 0 Å². The summed E-state index contributed by atoms with van der Waals surface area (Å²) in [5, 5.41) is 11.5. The van der Waals surface area contributed by atoms with Crippen molar-refractivity contribution in [1.29, 1.82) is 0 Å². The summed E-state index contributed by atoms with van der Waals surface area (Å²) >= 11 is 0. The number of aliphatic hydroxyl groups is 1. The SMILES string of the molecule is C=CNC(C)(C)CO. The molecule has 48 valence electrons. The van der Waals surface area contributed by atoms with Crippen molar-refractivity contribution in [3.8, 4) is 0 Å². The lowest BCUT2D eigenvalue weighted by Gasteiger charge is -2.21. The molecule has 0 radical (unpaired) electrons. The molecule has 0 atom stereocenters. The van der Waals surface area contributed by atoms with E-state index in [1.54, 1.807) is 6.20 Å². The third kappa shape index (κ3) is 2.64. The predicted molar refractivity (Wildman–Crippen MR) is 34.5 cm³/mol. The maximum atomic E-state index is 8.61. The summed E-state index contributed by atoms with van der Waals surface area (Å²) in [4.78, 5) is 0. The molecule has 0 aliphatic carbocycles. The monoisotopic (exact) mass is 115 g/mol. The first-order valence-electron chi connectivity index (χ1n) is 2.62. The van der Waals surface area contributed by atoms with Crippen molar-refractivity contribution in [2.75, 3.05) is 6.61 Å². The molecule has 0 aromatic heterocycles. The molecular formula is C6H13NO. The Morgan fingerprint density at radius 1 is 1.75 bits per heavy atom. The first-order chi connectivity index (χ1) is 3.62. The van der Waals surface area contributed by atoms with Crippen molar-refractivity contribution in [1.82, 2.24) is 5.32 Å². The van der Waals surface area contributed by atoms with Crippen LogP contribution >= 0.6 is 0 Å². The van der Waals surface area contributed by atoms with Gasteiger partial charge in [0, 0.05) is 0 Å². The van der Waals surface area contributed by atoms with E-state index in [9.17, 15) is 0 Å². The Balaban J connectivity index is 3.53. The third-order valence-electron chi connectivity index (χ3n) is 0.888. The lowest BCUT2D eigenvalue weighted by molar-refractivity contribution is 0.202. The fourth-order valence-corrected chi connectivity index (χ4v) is 0.322. The molecule has 0 heterocycles. The predicted octanol–water partition coefficient (Wildman–Crippen LogP) is 0.490. The molecule has 0 unspecified atom stereocenters. The van der Waals surface area contributed by atoms with Gasteiger partial charge in [-0.25, -0.2) is 0 Å². The van der Waals surface area contributed by atoms with Crippen molar-refractivity contribution in [2.45, 2.75) is 19.4 Å². The van der Waals surface area contributed by atoms with Gasteiger partial charge in [-0.1, -0.05) is 6.58 Å². The lowest BCUT2D eigenvalue weighted by atomic mass is 10.1. The van der Waals surface area contributed by atoms with Crippen LogP contribution in [0, 0.1) is 0 Å². The van der Waals surface area contributed by atoms with E-state index >= 15 is 0 Å². The highest BCUT2D eigenvalue weighted by atomic mass is 16.3. The van der Waals surface area contributed by atoms with Gasteiger partial charge in [0.15, 0.2) is 0 Å². The number of rotatable bonds is 3. The third-order valence-corrected chi connectivity index (χ3v) is 0.888. The van der Waals surface area contributed by atoms with Crippen LogP contribution in [0.15, 0.2) is 12.8 Å². The Bertz CT molecular complexity index is 78.6. The van der Waals surface area contributed by atoms with Crippen LogP contribution in [0.3, 0.4) is 0 Å². The molecule has 0 aromatic rings. The highest BCUT2D eigenvalue weighted by Gasteiger charge is 2.11. The van der Waals surface area contributed by atoms with Gasteiger partial charge in [-0.05, 0) is 20.0 Å². The summed E-state index contributed by atoms with van der Waals surface area (Å²) in [6.07, 6.45) is 1.58. The lowest BCUT2D eigenvalue weighted by Crippen LogP contribution is -2.38. The minimum Gasteiger partial charge on any atom is -0.394 e. The standard InChI is InChI=1S/C6H13NO/c1-4-7-6(2,3)5-8/h4,7-8H,1,5H2,2-3H3. The molecule has 2 heteroatoms. The fourth-order valence-electron chi connectivity index (χ4n) is 0.322. The highest BCUT2D eigenvalue weighted by Crippen LogP contribution is 1.97. The fraction of sp³-hybridized carbons (Fsp3) is 0.667. The van der Waals surface area contributed by atoms with Gasteiger partial charge in [0.2, 0.25) is 0 Å². The molecule has 0 saturated carbocycles. The van der Waals surface area contributed by atoms with Crippen LogP contribution in [0.2, 0.25) is 0 Å². The summed E-state index contributed by atoms with van der Waals surface area (Å²) in [5.74, 6) is 0. The Hall–Kier alpha value is -0.500. The summed E-state index contributed by atoms with van der Waals surface area (Å²) < 4.78 is 0. The van der Waals surface area contributed by atoms with E-state index in [-0.39, 0.29) is 12.1 Å². The second-order valence-corrected chi connectivity index (χ2v) is 2.39. The molecule has 0 aliphatic rings. The maximum absolute atomic E-state index is 8.61. The molecule has 0 fully saturated rings. The summed E-state index contributed by atoms with van der Waals surface area (Å²) in [6.45, 7) is 7.39. The Kier molecular flexibility index (Phi) is 2.55. The summed E-state index contributed by atoms with van der Waals surface area (Å²) in [6, 6.07) is 0. The number of nitrogens with one attached hydrogen (secondary N) is 1. The molecule has 0 amide bonds. The van der Waals surface area contributed by atoms with E-state index in [0.717, 1.165) is 0 Å². The van der Waals surface area contributed by atoms with Crippen molar-refractivity contribution in [2.24, 2.45) is 0 Å². The normalized spacial score (nSPS) is 10.9. The van der Waals surface area contributed by atoms with Crippen LogP contribution < -0.4 is 5.32 Å². The molecule has 0 rings (SSSR count). The van der Waals surface area contributed by atoms with Gasteiger partial charge in [-0.2, -0.15) is 0 Å². The first-order valence-corrected chi connectivity index (χ1v) is 2.62. The molecule has 0 bridgehead atoms. The maximum Gasteiger partial charge on any atom is 0.0655 e. The van der Waals surface area contributed by atoms with Gasteiger partial charge in [-0.3, -0.25) is 0 Å². The minimum absolute atomic E-state index is 0.124. The van der Waals surface area contributed by atoms with Crippen molar-refractivity contribution in [3.05, 3.63) is 12.8 Å². The summed E-state index contributed by atoms with van der Waals surface area (Å²) in [5.41, 5.74) is -0.220. The average Bonchev–Trinajstić information content (AvgIpc) is 1.67. The Labute approximate surface area is 50.2 Å². The van der Waals surface area contributed by atoms with Crippen LogP contribution in [0.25, 0.3) is 0 Å². The molecule has 0 aromatic carbocycles. The van der Waals surface area contributed by atoms with Gasteiger partial charge in [0.05, 0.1) is 12.1 Å². The van der Waals surface area contributed by atoms with Gasteiger partial charge >= 0.3 is 0 Å². The second-order valence-electron chi connectivity index (χ2n) is 2.39. The molecule has 2 N–H and O–H groups in total. The smallest absolute Gasteiger partial charge is 0.0655 e. The Morgan fingerprint density at radius 2 is 2.25 bits per heavy atom. The molecule has 8 heavy (non-hydrogen) atoms. The Morgan fingerprint density at radius 3 is 2.38 bits per heavy atom. The zero-order valence-electron chi connectivity index (χ0n) is 5.44. The van der Waals surface area contributed by atoms with Crippen LogP contribution in [0.4, 0.5) is 0 Å². The number of aliphatic hydroxyl groups excluding tert-OH is 1. The molecular weight excluding hydrogens is 102 g/mol. The van der Waals surface area contributed by atoms with Crippen LogP contribution in [-0.4, -0.2) is 17.3 Å². The zero-order chi connectivity index (χ0) is 6.62. The van der Waals surface area contributed by atoms with Gasteiger partial charge in [-0.15, -0.1) is 0 Å². The molecule has 0 spiro atoms. The first kappa shape index (κ1) is 7.50. The van der Waals surface area contributed by atoms with E-state index in [2.05, 4.69) is 11.9 Å². The summed E-state index contributed by atoms with van der Waals surface area (Å²) in [7, 11) is 0. The quantitative estimate of drug-likeness (QED) is 0.561. The van der Waals surface area contributed by atoms with Crippen LogP contribution in [0.1, 0.15) is 13.8 Å². The number of hydrogen-bond acceptors (Lipinski definition) is 2. The second kappa shape index (κ2) is 2.72. The van der Waals surface area contributed by atoms with Gasteiger partial charge in [0.25, 0.3) is 0 Å². The number of hydrogen-bond donors (Lipinski definition) is 2. The molecule has 0 saturated heterocycles. The van der Waals surface area contributed by atoms with E-state index < -0.39 is 0 Å². The van der Waals surface area contributed by atoms with E-state index in [1.165, 1.54) is 0 Å². The van der Waals surface area contributed by atoms with E-state index in [1.807, 2.05) is 13.8 Å². The minimum atomic E-state index is -0.220. The van der Waals surface area contributed by atoms with Gasteiger partial charge in [0.1, 0.15) is 0 Å². The zero-order valence-corrected chi connectivity index (χ0v) is 5.44. The molecule has 0 aliphatic heterocycles. The largest absolute Gasteiger partial charge is 0.394 e. The van der Waals surface area contributed by atoms with E-state index in [4.69, 9.17) is 5.11 Å². The van der Waals surface area contributed by atoms with Crippen LogP contribution in [-0.2, 0) is 0 Å². The van der Waals surface area contributed by atoms with E-state index in [0.29, 0.717) is 0 Å².